The van der Waals surface area contributed by atoms with Crippen LogP contribution in [-0.2, 0) is 6.54 Å². The van der Waals surface area contributed by atoms with Crippen LogP contribution in [0.2, 0.25) is 0 Å². The highest BCUT2D eigenvalue weighted by atomic mass is 16.4. The molecule has 3 N–H and O–H groups in total. The zero-order valence-electron chi connectivity index (χ0n) is 13.8. The van der Waals surface area contributed by atoms with Gasteiger partial charge in [0.15, 0.2) is 0 Å². The van der Waals surface area contributed by atoms with Gasteiger partial charge in [-0.2, -0.15) is 4.68 Å². The van der Waals surface area contributed by atoms with E-state index in [1.54, 1.807) is 6.07 Å². The predicted molar refractivity (Wildman–Crippen MR) is 93.1 cm³/mol. The largest absolute Gasteiger partial charge is 0.478 e. The van der Waals surface area contributed by atoms with Gasteiger partial charge < -0.3 is 10.4 Å². The van der Waals surface area contributed by atoms with Crippen molar-refractivity contribution in [1.29, 1.82) is 0 Å². The first-order chi connectivity index (χ1) is 11.9. The summed E-state index contributed by atoms with van der Waals surface area (Å²) in [6.45, 7) is 4.16. The van der Waals surface area contributed by atoms with Gasteiger partial charge in [0.1, 0.15) is 0 Å². The van der Waals surface area contributed by atoms with Crippen LogP contribution < -0.4 is 10.9 Å². The predicted octanol–water partition coefficient (Wildman–Crippen LogP) is 2.40. The number of carboxylic acids is 1. The lowest BCUT2D eigenvalue weighted by Crippen LogP contribution is -2.35. The molecule has 0 aliphatic carbocycles. The van der Waals surface area contributed by atoms with Gasteiger partial charge in [0, 0.05) is 6.54 Å². The molecule has 1 aromatic heterocycles. The van der Waals surface area contributed by atoms with Gasteiger partial charge in [0.2, 0.25) is 0 Å². The average molecular weight is 339 g/mol. The standard InChI is InChI=1S/C18H17N3O4/c1-10-5-3-6-11(2)13(10)9-19-18(25)21-16(22)15-12(17(23)24)7-4-8-14(15)20-21/h3-8,20H,9H2,1-2H3,(H,19,25)(H,23,24). The van der Waals surface area contributed by atoms with Crippen LogP contribution in [0.3, 0.4) is 0 Å². The highest BCUT2D eigenvalue weighted by molar-refractivity contribution is 6.03. The lowest BCUT2D eigenvalue weighted by Gasteiger charge is -2.10. The van der Waals surface area contributed by atoms with E-state index in [-0.39, 0.29) is 17.5 Å². The van der Waals surface area contributed by atoms with Crippen LogP contribution in [-0.4, -0.2) is 26.9 Å². The van der Waals surface area contributed by atoms with Crippen molar-refractivity contribution in [3.63, 3.8) is 0 Å². The zero-order chi connectivity index (χ0) is 18.1. The SMILES string of the molecule is Cc1cccc(C)c1CNC(=O)n1[nH]c2cccc(C(=O)O)c2c1=O. The minimum Gasteiger partial charge on any atom is -0.478 e. The Morgan fingerprint density at radius 2 is 1.76 bits per heavy atom. The van der Waals surface area contributed by atoms with Crippen molar-refractivity contribution in [3.8, 4) is 0 Å². The van der Waals surface area contributed by atoms with Gasteiger partial charge >= 0.3 is 12.0 Å². The molecule has 0 aliphatic rings. The van der Waals surface area contributed by atoms with Crippen molar-refractivity contribution < 1.29 is 14.7 Å². The third-order valence-electron chi connectivity index (χ3n) is 4.21. The first-order valence-corrected chi connectivity index (χ1v) is 7.70. The number of nitrogens with zero attached hydrogens (tertiary/aromatic N) is 1. The van der Waals surface area contributed by atoms with Crippen LogP contribution in [0, 0.1) is 13.8 Å². The van der Waals surface area contributed by atoms with Crippen molar-refractivity contribution in [2.24, 2.45) is 0 Å². The molecule has 2 aromatic carbocycles. The Bertz CT molecular complexity index is 1030. The number of carbonyl (C=O) groups is 2. The topological polar surface area (TPSA) is 104 Å². The summed E-state index contributed by atoms with van der Waals surface area (Å²) in [5, 5.41) is 14.5. The number of aryl methyl sites for hydroxylation is 2. The molecule has 0 spiro atoms. The normalized spacial score (nSPS) is 10.8. The number of H-pyrrole nitrogens is 1. The second kappa shape index (κ2) is 6.27. The van der Waals surface area contributed by atoms with Gasteiger partial charge in [-0.05, 0) is 42.7 Å². The van der Waals surface area contributed by atoms with Crippen molar-refractivity contribution in [2.75, 3.05) is 0 Å². The molecule has 0 saturated carbocycles. The number of benzene rings is 2. The molecular weight excluding hydrogens is 322 g/mol. The molecule has 3 rings (SSSR count). The summed E-state index contributed by atoms with van der Waals surface area (Å²) in [7, 11) is 0. The van der Waals surface area contributed by atoms with Crippen molar-refractivity contribution in [2.45, 2.75) is 20.4 Å². The van der Waals surface area contributed by atoms with Gasteiger partial charge in [0.05, 0.1) is 16.5 Å². The Morgan fingerprint density at radius 1 is 1.12 bits per heavy atom. The number of aromatic amines is 1. The molecule has 128 valence electrons. The van der Waals surface area contributed by atoms with Crippen LogP contribution in [0.1, 0.15) is 27.0 Å². The fraction of sp³-hybridized carbons (Fsp3) is 0.167. The number of hydrogen-bond donors (Lipinski definition) is 3. The van der Waals surface area contributed by atoms with Crippen LogP contribution in [0.25, 0.3) is 10.9 Å². The molecule has 0 unspecified atom stereocenters. The molecule has 25 heavy (non-hydrogen) atoms. The molecule has 0 radical (unpaired) electrons. The molecule has 7 heteroatoms. The van der Waals surface area contributed by atoms with Crippen molar-refractivity contribution >= 4 is 22.9 Å². The Morgan fingerprint density at radius 3 is 2.40 bits per heavy atom. The van der Waals surface area contributed by atoms with E-state index in [1.807, 2.05) is 32.0 Å². The van der Waals surface area contributed by atoms with E-state index in [0.29, 0.717) is 5.52 Å². The van der Waals surface area contributed by atoms with E-state index in [0.717, 1.165) is 21.4 Å². The number of aromatic nitrogens is 2. The maximum Gasteiger partial charge on any atom is 0.343 e. The molecule has 7 nitrogen and oxygen atoms in total. The summed E-state index contributed by atoms with van der Waals surface area (Å²) in [6.07, 6.45) is 0. The fourth-order valence-corrected chi connectivity index (χ4v) is 2.85. The smallest absolute Gasteiger partial charge is 0.343 e. The molecule has 0 aliphatic heterocycles. The first-order valence-electron chi connectivity index (χ1n) is 7.70. The third kappa shape index (κ3) is 2.91. The van der Waals surface area contributed by atoms with Crippen molar-refractivity contribution in [3.05, 3.63) is 69.0 Å². The van der Waals surface area contributed by atoms with Gasteiger partial charge in [0.25, 0.3) is 5.56 Å². The fourth-order valence-electron chi connectivity index (χ4n) is 2.85. The lowest BCUT2D eigenvalue weighted by atomic mass is 10.0. The van der Waals surface area contributed by atoms with Gasteiger partial charge in [-0.25, -0.2) is 9.59 Å². The summed E-state index contributed by atoms with van der Waals surface area (Å²) >= 11 is 0. The monoisotopic (exact) mass is 339 g/mol. The van der Waals surface area contributed by atoms with Crippen LogP contribution in [0.4, 0.5) is 4.79 Å². The summed E-state index contributed by atoms with van der Waals surface area (Å²) in [6, 6.07) is 9.59. The summed E-state index contributed by atoms with van der Waals surface area (Å²) in [4.78, 5) is 36.1. The van der Waals surface area contributed by atoms with E-state index < -0.39 is 17.6 Å². The number of nitrogens with one attached hydrogen (secondary N) is 2. The number of carbonyl (C=O) groups excluding carboxylic acids is 1. The Kier molecular flexibility index (Phi) is 4.14. The molecule has 0 fully saturated rings. The Balaban J connectivity index is 1.93. The second-order valence-corrected chi connectivity index (χ2v) is 5.81. The lowest BCUT2D eigenvalue weighted by molar-refractivity contribution is 0.0699. The van der Waals surface area contributed by atoms with Crippen LogP contribution >= 0.6 is 0 Å². The quantitative estimate of drug-likeness (QED) is 0.681. The second-order valence-electron chi connectivity index (χ2n) is 5.81. The van der Waals surface area contributed by atoms with Crippen molar-refractivity contribution in [1.82, 2.24) is 15.1 Å². The third-order valence-corrected chi connectivity index (χ3v) is 4.21. The molecule has 3 aromatic rings. The summed E-state index contributed by atoms with van der Waals surface area (Å²) in [5.41, 5.74) is 2.53. The molecule has 0 atom stereocenters. The van der Waals surface area contributed by atoms with E-state index in [1.165, 1.54) is 12.1 Å². The highest BCUT2D eigenvalue weighted by Gasteiger charge is 2.18. The Labute approximate surface area is 142 Å². The first kappa shape index (κ1) is 16.5. The number of hydrogen-bond acceptors (Lipinski definition) is 3. The zero-order valence-corrected chi connectivity index (χ0v) is 13.8. The highest BCUT2D eigenvalue weighted by Crippen LogP contribution is 2.14. The van der Waals surface area contributed by atoms with Crippen LogP contribution in [0.5, 0.6) is 0 Å². The molecular formula is C18H17N3O4. The molecule has 0 bridgehead atoms. The van der Waals surface area contributed by atoms with E-state index in [2.05, 4.69) is 10.4 Å². The average Bonchev–Trinajstić information content (AvgIpc) is 2.91. The minimum absolute atomic E-state index is 0.0165. The van der Waals surface area contributed by atoms with E-state index in [9.17, 15) is 19.5 Å². The van der Waals surface area contributed by atoms with Gasteiger partial charge in [-0.1, -0.05) is 24.3 Å². The number of rotatable bonds is 3. The van der Waals surface area contributed by atoms with E-state index >= 15 is 0 Å². The summed E-state index contributed by atoms with van der Waals surface area (Å²) < 4.78 is 0.796. The van der Waals surface area contributed by atoms with Crippen LogP contribution in [0.15, 0.2) is 41.2 Å². The number of amides is 1. The molecule has 1 heterocycles. The molecule has 1 amide bonds. The number of carboxylic acid groups (broad SMARTS) is 1. The number of aromatic carboxylic acids is 1. The molecule has 0 saturated heterocycles. The number of fused-ring (bicyclic) bond motifs is 1. The Hall–Kier alpha value is -3.35. The summed E-state index contributed by atoms with van der Waals surface area (Å²) in [5.74, 6) is -1.22. The maximum atomic E-state index is 12.4. The van der Waals surface area contributed by atoms with E-state index in [4.69, 9.17) is 0 Å². The van der Waals surface area contributed by atoms with Gasteiger partial charge in [-0.3, -0.25) is 9.89 Å². The van der Waals surface area contributed by atoms with Gasteiger partial charge in [-0.15, -0.1) is 0 Å². The minimum atomic E-state index is -1.22. The maximum absolute atomic E-state index is 12.4.